The van der Waals surface area contributed by atoms with Gasteiger partial charge in [0.25, 0.3) is 0 Å². The van der Waals surface area contributed by atoms with Crippen molar-refractivity contribution in [2.75, 3.05) is 31.1 Å². The first kappa shape index (κ1) is 15.1. The topological polar surface area (TPSA) is 69.6 Å². The monoisotopic (exact) mass is 274 g/mol. The average molecular weight is 274 g/mol. The van der Waals surface area contributed by atoms with E-state index >= 15 is 0 Å². The molecule has 1 rings (SSSR count). The SMILES string of the molecule is CC(C)C(CNC(=O)N1CCCSCC1)C(=O)O. The first-order valence-corrected chi connectivity index (χ1v) is 7.51. The summed E-state index contributed by atoms with van der Waals surface area (Å²) in [6.07, 6.45) is 1.00. The number of carbonyl (C=O) groups is 2. The zero-order valence-electron chi connectivity index (χ0n) is 11.0. The van der Waals surface area contributed by atoms with Crippen molar-refractivity contribution in [3.05, 3.63) is 0 Å². The maximum atomic E-state index is 11.9. The third-order valence-corrected chi connectivity index (χ3v) is 4.15. The molecule has 6 heteroatoms. The van der Waals surface area contributed by atoms with Gasteiger partial charge < -0.3 is 15.3 Å². The number of amides is 2. The second-order valence-electron chi connectivity index (χ2n) is 4.83. The number of rotatable bonds is 4. The lowest BCUT2D eigenvalue weighted by molar-refractivity contribution is -0.142. The van der Waals surface area contributed by atoms with Crippen LogP contribution >= 0.6 is 11.8 Å². The van der Waals surface area contributed by atoms with Crippen molar-refractivity contribution in [2.24, 2.45) is 11.8 Å². The number of carbonyl (C=O) groups excluding carboxylic acids is 1. The fraction of sp³-hybridized carbons (Fsp3) is 0.833. The summed E-state index contributed by atoms with van der Waals surface area (Å²) in [7, 11) is 0. The molecule has 1 fully saturated rings. The summed E-state index contributed by atoms with van der Waals surface area (Å²) in [5, 5.41) is 11.8. The Bertz CT molecular complexity index is 289. The van der Waals surface area contributed by atoms with E-state index in [9.17, 15) is 9.59 Å². The number of thioether (sulfide) groups is 1. The standard InChI is InChI=1S/C12H22N2O3S/c1-9(2)10(11(15)16)8-13-12(17)14-4-3-6-18-7-5-14/h9-10H,3-8H2,1-2H3,(H,13,17)(H,15,16). The van der Waals surface area contributed by atoms with E-state index in [0.29, 0.717) is 0 Å². The zero-order valence-corrected chi connectivity index (χ0v) is 11.8. The minimum atomic E-state index is -0.850. The quantitative estimate of drug-likeness (QED) is 0.815. The van der Waals surface area contributed by atoms with Gasteiger partial charge in [0.05, 0.1) is 5.92 Å². The largest absolute Gasteiger partial charge is 0.481 e. The molecule has 0 bridgehead atoms. The minimum Gasteiger partial charge on any atom is -0.481 e. The number of hydrogen-bond acceptors (Lipinski definition) is 3. The summed E-state index contributed by atoms with van der Waals surface area (Å²) in [6, 6.07) is -0.135. The number of hydrogen-bond donors (Lipinski definition) is 2. The van der Waals surface area contributed by atoms with Gasteiger partial charge in [0, 0.05) is 25.4 Å². The third-order valence-electron chi connectivity index (χ3n) is 3.10. The van der Waals surface area contributed by atoms with Crippen LogP contribution in [0, 0.1) is 11.8 Å². The van der Waals surface area contributed by atoms with Crippen molar-refractivity contribution < 1.29 is 14.7 Å². The van der Waals surface area contributed by atoms with E-state index < -0.39 is 11.9 Å². The second-order valence-corrected chi connectivity index (χ2v) is 6.05. The van der Waals surface area contributed by atoms with Crippen LogP contribution in [0.4, 0.5) is 4.79 Å². The van der Waals surface area contributed by atoms with Crippen LogP contribution in [0.5, 0.6) is 0 Å². The van der Waals surface area contributed by atoms with E-state index in [1.807, 2.05) is 25.6 Å². The Morgan fingerprint density at radius 2 is 2.06 bits per heavy atom. The van der Waals surface area contributed by atoms with Crippen LogP contribution in [0.25, 0.3) is 0 Å². The summed E-state index contributed by atoms with van der Waals surface area (Å²) in [5.74, 6) is 0.697. The first-order valence-electron chi connectivity index (χ1n) is 6.35. The molecular formula is C12H22N2O3S. The number of aliphatic carboxylic acids is 1. The molecule has 5 nitrogen and oxygen atoms in total. The molecule has 0 aromatic carbocycles. The predicted molar refractivity (Wildman–Crippen MR) is 72.9 cm³/mol. The zero-order chi connectivity index (χ0) is 13.5. The van der Waals surface area contributed by atoms with Gasteiger partial charge in [-0.1, -0.05) is 13.8 Å². The van der Waals surface area contributed by atoms with Crippen molar-refractivity contribution in [3.8, 4) is 0 Å². The van der Waals surface area contributed by atoms with Gasteiger partial charge in [-0.3, -0.25) is 4.79 Å². The second kappa shape index (κ2) is 7.51. The molecule has 0 aromatic heterocycles. The maximum Gasteiger partial charge on any atom is 0.317 e. The molecular weight excluding hydrogens is 252 g/mol. The van der Waals surface area contributed by atoms with Gasteiger partial charge in [0.1, 0.15) is 0 Å². The molecule has 0 aromatic rings. The summed E-state index contributed by atoms with van der Waals surface area (Å²) in [4.78, 5) is 24.7. The lowest BCUT2D eigenvalue weighted by Gasteiger charge is -2.23. The molecule has 0 aliphatic carbocycles. The Morgan fingerprint density at radius 1 is 1.33 bits per heavy atom. The molecule has 1 aliphatic rings. The van der Waals surface area contributed by atoms with Gasteiger partial charge >= 0.3 is 12.0 Å². The number of nitrogens with one attached hydrogen (secondary N) is 1. The third kappa shape index (κ3) is 4.76. The molecule has 1 aliphatic heterocycles. The van der Waals surface area contributed by atoms with Crippen LogP contribution in [0.3, 0.4) is 0 Å². The Hall–Kier alpha value is -0.910. The number of nitrogens with zero attached hydrogens (tertiary/aromatic N) is 1. The van der Waals surface area contributed by atoms with Crippen LogP contribution in [0.1, 0.15) is 20.3 Å². The average Bonchev–Trinajstić information content (AvgIpc) is 2.56. The van der Waals surface area contributed by atoms with Crippen molar-refractivity contribution >= 4 is 23.8 Å². The van der Waals surface area contributed by atoms with Crippen molar-refractivity contribution in [3.63, 3.8) is 0 Å². The fourth-order valence-corrected chi connectivity index (χ4v) is 2.75. The highest BCUT2D eigenvalue weighted by Crippen LogP contribution is 2.12. The molecule has 0 spiro atoms. The molecule has 0 radical (unpaired) electrons. The molecule has 18 heavy (non-hydrogen) atoms. The lowest BCUT2D eigenvalue weighted by Crippen LogP contribution is -2.44. The molecule has 104 valence electrons. The summed E-state index contributed by atoms with van der Waals surface area (Å²) >= 11 is 1.86. The van der Waals surface area contributed by atoms with Crippen LogP contribution < -0.4 is 5.32 Å². The minimum absolute atomic E-state index is 0.0162. The van der Waals surface area contributed by atoms with E-state index in [0.717, 1.165) is 31.0 Å². The number of carboxylic acids is 1. The van der Waals surface area contributed by atoms with Gasteiger partial charge in [-0.25, -0.2) is 4.79 Å². The maximum absolute atomic E-state index is 11.9. The summed E-state index contributed by atoms with van der Waals surface area (Å²) < 4.78 is 0. The van der Waals surface area contributed by atoms with E-state index in [4.69, 9.17) is 5.11 Å². The molecule has 1 atom stereocenters. The van der Waals surface area contributed by atoms with Gasteiger partial charge in [-0.2, -0.15) is 11.8 Å². The van der Waals surface area contributed by atoms with E-state index in [-0.39, 0.29) is 18.5 Å². The Kier molecular flexibility index (Phi) is 6.32. The summed E-state index contributed by atoms with van der Waals surface area (Å²) in [6.45, 7) is 5.42. The van der Waals surface area contributed by atoms with Crippen LogP contribution in [0.15, 0.2) is 0 Å². The predicted octanol–water partition coefficient (Wildman–Crippen LogP) is 1.49. The normalized spacial score (nSPS) is 18.3. The van der Waals surface area contributed by atoms with Gasteiger partial charge in [0.2, 0.25) is 0 Å². The molecule has 1 unspecified atom stereocenters. The molecule has 2 amide bonds. The van der Waals surface area contributed by atoms with Crippen molar-refractivity contribution in [1.29, 1.82) is 0 Å². The molecule has 2 N–H and O–H groups in total. The van der Waals surface area contributed by atoms with E-state index in [1.165, 1.54) is 0 Å². The molecule has 1 saturated heterocycles. The number of urea groups is 1. The lowest BCUT2D eigenvalue weighted by atomic mass is 9.96. The van der Waals surface area contributed by atoms with Gasteiger partial charge in [0.15, 0.2) is 0 Å². The fourth-order valence-electron chi connectivity index (χ4n) is 1.87. The van der Waals surface area contributed by atoms with E-state index in [2.05, 4.69) is 5.32 Å². The molecule has 1 heterocycles. The highest BCUT2D eigenvalue weighted by atomic mass is 32.2. The van der Waals surface area contributed by atoms with Crippen LogP contribution in [0.2, 0.25) is 0 Å². The van der Waals surface area contributed by atoms with E-state index in [1.54, 1.807) is 4.90 Å². The van der Waals surface area contributed by atoms with Crippen molar-refractivity contribution in [2.45, 2.75) is 20.3 Å². The van der Waals surface area contributed by atoms with Crippen LogP contribution in [-0.2, 0) is 4.79 Å². The molecule has 0 saturated carbocycles. The Balaban J connectivity index is 2.41. The Labute approximate surface area is 112 Å². The number of carboxylic acid groups (broad SMARTS) is 1. The van der Waals surface area contributed by atoms with Crippen LogP contribution in [-0.4, -0.2) is 53.1 Å². The highest BCUT2D eigenvalue weighted by molar-refractivity contribution is 7.99. The van der Waals surface area contributed by atoms with Gasteiger partial charge in [-0.15, -0.1) is 0 Å². The summed E-state index contributed by atoms with van der Waals surface area (Å²) in [5.41, 5.74) is 0. The highest BCUT2D eigenvalue weighted by Gasteiger charge is 2.23. The Morgan fingerprint density at radius 3 is 2.67 bits per heavy atom. The van der Waals surface area contributed by atoms with Crippen molar-refractivity contribution in [1.82, 2.24) is 10.2 Å². The first-order chi connectivity index (χ1) is 8.52. The smallest absolute Gasteiger partial charge is 0.317 e. The van der Waals surface area contributed by atoms with Gasteiger partial charge in [-0.05, 0) is 18.1 Å².